The molecule has 0 aliphatic rings. The Labute approximate surface area is 125 Å². The van der Waals surface area contributed by atoms with Crippen molar-refractivity contribution in [2.75, 3.05) is 0 Å². The van der Waals surface area contributed by atoms with Crippen LogP contribution in [0, 0.1) is 9.49 Å². The van der Waals surface area contributed by atoms with Crippen LogP contribution in [0.3, 0.4) is 0 Å². The van der Waals surface area contributed by atoms with Gasteiger partial charge in [-0.05, 0) is 41.9 Å². The van der Waals surface area contributed by atoms with Gasteiger partial charge >= 0.3 is 0 Å². The van der Waals surface area contributed by atoms with Gasteiger partial charge in [0.05, 0.1) is 21.0 Å². The minimum absolute atomic E-state index is 0.0782. The zero-order valence-corrected chi connectivity index (χ0v) is 13.4. The van der Waals surface area contributed by atoms with Gasteiger partial charge in [-0.3, -0.25) is 9.48 Å². The predicted molar refractivity (Wildman–Crippen MR) is 83.0 cm³/mol. The molecule has 0 unspecified atom stereocenters. The summed E-state index contributed by atoms with van der Waals surface area (Å²) in [5, 5.41) is 4.21. The summed E-state index contributed by atoms with van der Waals surface area (Å²) >= 11 is 2.06. The molecule has 102 valence electrons. The van der Waals surface area contributed by atoms with E-state index in [-0.39, 0.29) is 5.56 Å². The number of halogens is 1. The molecule has 0 saturated heterocycles. The Morgan fingerprint density at radius 3 is 2.79 bits per heavy atom. The van der Waals surface area contributed by atoms with Crippen LogP contribution in [0.25, 0.3) is 11.4 Å². The van der Waals surface area contributed by atoms with Crippen molar-refractivity contribution in [3.05, 3.63) is 32.0 Å². The second-order valence-corrected chi connectivity index (χ2v) is 5.94. The smallest absolute Gasteiger partial charge is 0.264 e. The third kappa shape index (κ3) is 3.23. The fourth-order valence-electron chi connectivity index (χ4n) is 1.82. The summed E-state index contributed by atoms with van der Waals surface area (Å²) in [6, 6.07) is 0. The number of rotatable bonds is 4. The molecule has 5 nitrogen and oxygen atoms in total. The van der Waals surface area contributed by atoms with Gasteiger partial charge in [-0.2, -0.15) is 5.10 Å². The van der Waals surface area contributed by atoms with Gasteiger partial charge in [0.1, 0.15) is 5.82 Å². The maximum absolute atomic E-state index is 12.0. The van der Waals surface area contributed by atoms with Crippen LogP contribution in [0.5, 0.6) is 0 Å². The van der Waals surface area contributed by atoms with E-state index in [9.17, 15) is 4.79 Å². The molecule has 6 heteroatoms. The van der Waals surface area contributed by atoms with Gasteiger partial charge in [-0.25, -0.2) is 4.98 Å². The number of H-pyrrole nitrogens is 1. The number of hydrogen-bond acceptors (Lipinski definition) is 3. The Morgan fingerprint density at radius 2 is 2.21 bits per heavy atom. The number of aromatic amines is 1. The van der Waals surface area contributed by atoms with Crippen LogP contribution < -0.4 is 5.56 Å². The second-order valence-electron chi connectivity index (χ2n) is 4.86. The lowest BCUT2D eigenvalue weighted by Gasteiger charge is -2.07. The van der Waals surface area contributed by atoms with Crippen molar-refractivity contribution < 1.29 is 0 Å². The minimum Gasteiger partial charge on any atom is -0.306 e. The topological polar surface area (TPSA) is 63.6 Å². The fraction of sp³-hybridized carbons (Fsp3) is 0.462. The number of nitrogens with zero attached hydrogens (tertiary/aromatic N) is 3. The highest BCUT2D eigenvalue weighted by Gasteiger charge is 2.12. The molecule has 19 heavy (non-hydrogen) atoms. The Morgan fingerprint density at radius 1 is 1.47 bits per heavy atom. The number of aryl methyl sites for hydroxylation is 1. The molecule has 0 spiro atoms. The molecule has 0 saturated carbocycles. The summed E-state index contributed by atoms with van der Waals surface area (Å²) in [7, 11) is 0. The fourth-order valence-corrected chi connectivity index (χ4v) is 2.30. The number of aromatic nitrogens is 4. The maximum Gasteiger partial charge on any atom is 0.264 e. The molecule has 0 aliphatic heterocycles. The van der Waals surface area contributed by atoms with E-state index >= 15 is 0 Å². The van der Waals surface area contributed by atoms with Crippen molar-refractivity contribution in [3.8, 4) is 11.4 Å². The lowest BCUT2D eigenvalue weighted by molar-refractivity contribution is 0.631. The van der Waals surface area contributed by atoms with Crippen molar-refractivity contribution >= 4 is 22.6 Å². The van der Waals surface area contributed by atoms with Gasteiger partial charge < -0.3 is 4.98 Å². The average Bonchev–Trinajstić information content (AvgIpc) is 2.82. The van der Waals surface area contributed by atoms with Gasteiger partial charge in [-0.15, -0.1) is 0 Å². The lowest BCUT2D eigenvalue weighted by atomic mass is 10.1. The molecule has 0 radical (unpaired) electrons. The van der Waals surface area contributed by atoms with Gasteiger partial charge in [0.15, 0.2) is 0 Å². The first-order chi connectivity index (χ1) is 9.01. The van der Waals surface area contributed by atoms with Crippen LogP contribution in [0.15, 0.2) is 17.2 Å². The molecule has 0 atom stereocenters. The van der Waals surface area contributed by atoms with Crippen LogP contribution in [-0.2, 0) is 13.0 Å². The van der Waals surface area contributed by atoms with Crippen LogP contribution >= 0.6 is 22.6 Å². The summed E-state index contributed by atoms with van der Waals surface area (Å²) in [5.74, 6) is 1.06. The van der Waals surface area contributed by atoms with E-state index in [1.165, 1.54) is 0 Å². The maximum atomic E-state index is 12.0. The normalized spacial score (nSPS) is 11.2. The molecule has 0 fully saturated rings. The largest absolute Gasteiger partial charge is 0.306 e. The molecule has 0 aromatic carbocycles. The van der Waals surface area contributed by atoms with Crippen LogP contribution in [0.1, 0.15) is 26.5 Å². The van der Waals surface area contributed by atoms with E-state index in [1.54, 1.807) is 6.20 Å². The van der Waals surface area contributed by atoms with E-state index in [1.807, 2.05) is 17.8 Å². The summed E-state index contributed by atoms with van der Waals surface area (Å²) in [6.45, 7) is 7.06. The quantitative estimate of drug-likeness (QED) is 0.839. The third-order valence-electron chi connectivity index (χ3n) is 2.76. The van der Waals surface area contributed by atoms with E-state index < -0.39 is 0 Å². The van der Waals surface area contributed by atoms with E-state index in [0.717, 1.165) is 24.2 Å². The van der Waals surface area contributed by atoms with Gasteiger partial charge in [0.2, 0.25) is 0 Å². The first-order valence-electron chi connectivity index (χ1n) is 6.32. The van der Waals surface area contributed by atoms with Gasteiger partial charge in [0, 0.05) is 12.7 Å². The molecular formula is C13H17IN4O. The summed E-state index contributed by atoms with van der Waals surface area (Å²) in [5.41, 5.74) is 1.63. The Kier molecular flexibility index (Phi) is 4.38. The molecule has 1 N–H and O–H groups in total. The summed E-state index contributed by atoms with van der Waals surface area (Å²) in [4.78, 5) is 19.4. The van der Waals surface area contributed by atoms with E-state index in [0.29, 0.717) is 15.3 Å². The highest BCUT2D eigenvalue weighted by Crippen LogP contribution is 2.16. The molecule has 2 aromatic heterocycles. The van der Waals surface area contributed by atoms with Crippen molar-refractivity contribution in [1.29, 1.82) is 0 Å². The first kappa shape index (κ1) is 14.2. The van der Waals surface area contributed by atoms with Crippen molar-refractivity contribution in [3.63, 3.8) is 0 Å². The standard InChI is InChI=1S/C13H17IN4O/c1-4-18-7-9(6-15-18)12-16-10(5-8(2)3)11(14)13(19)17-12/h6-8H,4-5H2,1-3H3,(H,16,17,19). The monoisotopic (exact) mass is 372 g/mol. The van der Waals surface area contributed by atoms with Crippen molar-refractivity contribution in [2.45, 2.75) is 33.7 Å². The molecule has 2 heterocycles. The average molecular weight is 372 g/mol. The zero-order valence-electron chi connectivity index (χ0n) is 11.3. The molecule has 0 aliphatic carbocycles. The number of nitrogens with one attached hydrogen (secondary N) is 1. The highest BCUT2D eigenvalue weighted by molar-refractivity contribution is 14.1. The van der Waals surface area contributed by atoms with E-state index in [2.05, 4.69) is 51.5 Å². The SMILES string of the molecule is CCn1cc(-c2nc(CC(C)C)c(I)c(=O)[nH]2)cn1. The van der Waals surface area contributed by atoms with Crippen LogP contribution in [0.2, 0.25) is 0 Å². The van der Waals surface area contributed by atoms with Crippen LogP contribution in [-0.4, -0.2) is 19.7 Å². The molecule has 2 aromatic rings. The lowest BCUT2D eigenvalue weighted by Crippen LogP contribution is -2.17. The molecule has 0 amide bonds. The highest BCUT2D eigenvalue weighted by atomic mass is 127. The Hall–Kier alpha value is -1.18. The molecular weight excluding hydrogens is 355 g/mol. The minimum atomic E-state index is -0.0782. The molecule has 2 rings (SSSR count). The van der Waals surface area contributed by atoms with Crippen molar-refractivity contribution in [1.82, 2.24) is 19.7 Å². The van der Waals surface area contributed by atoms with Crippen molar-refractivity contribution in [2.24, 2.45) is 5.92 Å². The Balaban J connectivity index is 2.46. The zero-order chi connectivity index (χ0) is 14.0. The third-order valence-corrected chi connectivity index (χ3v) is 3.88. The summed E-state index contributed by atoms with van der Waals surface area (Å²) in [6.07, 6.45) is 4.43. The van der Waals surface area contributed by atoms with Crippen LogP contribution in [0.4, 0.5) is 0 Å². The Bertz CT molecular complexity index is 630. The van der Waals surface area contributed by atoms with Gasteiger partial charge in [-0.1, -0.05) is 13.8 Å². The summed E-state index contributed by atoms with van der Waals surface area (Å²) < 4.78 is 2.49. The predicted octanol–water partition coefficient (Wildman–Crippen LogP) is 2.46. The molecule has 0 bridgehead atoms. The number of hydrogen-bond donors (Lipinski definition) is 1. The first-order valence-corrected chi connectivity index (χ1v) is 7.40. The van der Waals surface area contributed by atoms with E-state index in [4.69, 9.17) is 0 Å². The van der Waals surface area contributed by atoms with Gasteiger partial charge in [0.25, 0.3) is 5.56 Å². The second kappa shape index (κ2) is 5.85.